The monoisotopic (exact) mass is 373 g/mol. The highest BCUT2D eigenvalue weighted by molar-refractivity contribution is 5.63. The average molecular weight is 374 g/mol. The second-order valence-corrected chi connectivity index (χ2v) is 9.86. The van der Waals surface area contributed by atoms with Crippen molar-refractivity contribution in [2.24, 2.45) is 23.7 Å². The second kappa shape index (κ2) is 5.03. The van der Waals surface area contributed by atoms with Gasteiger partial charge < -0.3 is 9.32 Å². The van der Waals surface area contributed by atoms with E-state index in [0.29, 0.717) is 17.9 Å². The predicted octanol–water partition coefficient (Wildman–Crippen LogP) is 5.47. The van der Waals surface area contributed by atoms with Gasteiger partial charge in [-0.05, 0) is 81.3 Å². The molecule has 4 aliphatic carbocycles. The van der Waals surface area contributed by atoms with Crippen LogP contribution in [-0.4, -0.2) is 9.38 Å². The topological polar surface area (TPSA) is 33.7 Å². The molecule has 1 spiro atoms. The van der Waals surface area contributed by atoms with E-state index in [1.165, 1.54) is 54.8 Å². The summed E-state index contributed by atoms with van der Waals surface area (Å²) in [6.45, 7) is 4.64. The zero-order chi connectivity index (χ0) is 18.6. The first-order valence-electron chi connectivity index (χ1n) is 11.0. The van der Waals surface area contributed by atoms with Crippen molar-refractivity contribution in [3.63, 3.8) is 0 Å². The van der Waals surface area contributed by atoms with Gasteiger partial charge in [0, 0.05) is 18.1 Å². The van der Waals surface area contributed by atoms with Gasteiger partial charge in [-0.2, -0.15) is 0 Å². The summed E-state index contributed by atoms with van der Waals surface area (Å²) in [4.78, 5) is 7.29. The van der Waals surface area contributed by atoms with Crippen molar-refractivity contribution in [1.82, 2.24) is 9.38 Å². The van der Waals surface area contributed by atoms with Crippen LogP contribution in [0.3, 0.4) is 0 Å². The molecular weight excluding hydrogens is 346 g/mol. The zero-order valence-corrected chi connectivity index (χ0v) is 16.6. The standard InChI is InChI=1S/C24H27N3O/c1-14-5-3-4-6-20(14)27-15(2)21-22(28-23-25-7-8-26(21)23)24(27)18-10-16-9-17(12-18)13-19(24)11-16/h3-8,15-19H,9-13H2,1-2H3/t15-,16?,17?,18?,19?,24?/m0/s1. The average Bonchev–Trinajstić information content (AvgIpc) is 3.31. The van der Waals surface area contributed by atoms with Crippen molar-refractivity contribution >= 4 is 11.5 Å². The van der Waals surface area contributed by atoms with Gasteiger partial charge in [0.2, 0.25) is 0 Å². The first kappa shape index (κ1) is 15.7. The molecule has 4 heteroatoms. The molecule has 0 radical (unpaired) electrons. The highest BCUT2D eigenvalue weighted by Crippen LogP contribution is 2.69. The third-order valence-electron chi connectivity index (χ3n) is 8.60. The van der Waals surface area contributed by atoms with Gasteiger partial charge in [0.15, 0.2) is 5.76 Å². The Kier molecular flexibility index (Phi) is 2.81. The summed E-state index contributed by atoms with van der Waals surface area (Å²) < 4.78 is 8.82. The fourth-order valence-electron chi connectivity index (χ4n) is 7.94. The van der Waals surface area contributed by atoms with Gasteiger partial charge in [-0.1, -0.05) is 18.2 Å². The maximum absolute atomic E-state index is 6.60. The van der Waals surface area contributed by atoms with Crippen LogP contribution >= 0.6 is 0 Å². The Morgan fingerprint density at radius 1 is 1.04 bits per heavy atom. The van der Waals surface area contributed by atoms with Crippen molar-refractivity contribution < 1.29 is 4.42 Å². The van der Waals surface area contributed by atoms with Gasteiger partial charge in [-0.3, -0.25) is 4.40 Å². The fraction of sp³-hybridized carbons (Fsp3) is 0.542. The molecule has 144 valence electrons. The van der Waals surface area contributed by atoms with E-state index in [-0.39, 0.29) is 5.54 Å². The van der Waals surface area contributed by atoms with Gasteiger partial charge in [0.05, 0.1) is 11.7 Å². The van der Waals surface area contributed by atoms with Crippen LogP contribution in [0.4, 0.5) is 5.69 Å². The van der Waals surface area contributed by atoms with Crippen LogP contribution in [0.2, 0.25) is 0 Å². The van der Waals surface area contributed by atoms with Crippen LogP contribution in [0, 0.1) is 30.6 Å². The van der Waals surface area contributed by atoms with Crippen LogP contribution in [0.15, 0.2) is 41.1 Å². The number of aromatic nitrogens is 2. The molecule has 1 aromatic carbocycles. The van der Waals surface area contributed by atoms with E-state index in [1.54, 1.807) is 0 Å². The molecule has 28 heavy (non-hydrogen) atoms. The van der Waals surface area contributed by atoms with Gasteiger partial charge in [0.1, 0.15) is 5.54 Å². The number of benzene rings is 1. The number of para-hydroxylation sites is 1. The number of anilines is 1. The van der Waals surface area contributed by atoms with Crippen molar-refractivity contribution in [2.75, 3.05) is 4.90 Å². The summed E-state index contributed by atoms with van der Waals surface area (Å²) in [6.07, 6.45) is 10.9. The van der Waals surface area contributed by atoms with Crippen molar-refractivity contribution in [2.45, 2.75) is 57.5 Å². The predicted molar refractivity (Wildman–Crippen MR) is 108 cm³/mol. The van der Waals surface area contributed by atoms with E-state index < -0.39 is 0 Å². The summed E-state index contributed by atoms with van der Waals surface area (Å²) in [5.41, 5.74) is 4.11. The van der Waals surface area contributed by atoms with E-state index in [4.69, 9.17) is 4.42 Å². The molecule has 0 saturated heterocycles. The number of hydrogen-bond acceptors (Lipinski definition) is 3. The molecule has 4 bridgehead atoms. The Morgan fingerprint density at radius 3 is 2.46 bits per heavy atom. The van der Waals surface area contributed by atoms with Crippen LogP contribution in [-0.2, 0) is 5.54 Å². The lowest BCUT2D eigenvalue weighted by Crippen LogP contribution is -2.62. The van der Waals surface area contributed by atoms with Crippen molar-refractivity contribution in [3.05, 3.63) is 53.7 Å². The summed E-state index contributed by atoms with van der Waals surface area (Å²) in [6, 6.07) is 9.25. The summed E-state index contributed by atoms with van der Waals surface area (Å²) >= 11 is 0. The maximum Gasteiger partial charge on any atom is 0.306 e. The Balaban J connectivity index is 1.54. The van der Waals surface area contributed by atoms with Gasteiger partial charge in [-0.25, -0.2) is 4.98 Å². The molecule has 8 rings (SSSR count). The minimum atomic E-state index is 0.00891. The maximum atomic E-state index is 6.60. The molecule has 5 aliphatic rings. The number of rotatable bonds is 1. The number of aryl methyl sites for hydroxylation is 1. The molecule has 1 aliphatic heterocycles. The summed E-state index contributed by atoms with van der Waals surface area (Å²) in [5.74, 6) is 5.27. The smallest absolute Gasteiger partial charge is 0.306 e. The molecule has 4 nitrogen and oxygen atoms in total. The lowest BCUT2D eigenvalue weighted by atomic mass is 9.48. The number of fused-ring (bicyclic) bond motifs is 3. The largest absolute Gasteiger partial charge is 0.425 e. The van der Waals surface area contributed by atoms with Crippen molar-refractivity contribution in [1.29, 1.82) is 0 Å². The molecule has 4 saturated carbocycles. The molecule has 3 heterocycles. The zero-order valence-electron chi connectivity index (χ0n) is 16.6. The number of oxazole rings is 1. The summed E-state index contributed by atoms with van der Waals surface area (Å²) in [7, 11) is 0. The van der Waals surface area contributed by atoms with Crippen LogP contribution in [0.1, 0.15) is 62.1 Å². The molecular formula is C24H27N3O. The van der Waals surface area contributed by atoms with Gasteiger partial charge in [0.25, 0.3) is 0 Å². The Labute approximate surface area is 165 Å². The quantitative estimate of drug-likeness (QED) is 0.567. The van der Waals surface area contributed by atoms with Crippen LogP contribution in [0.5, 0.6) is 0 Å². The minimum Gasteiger partial charge on any atom is -0.425 e. The molecule has 2 aromatic heterocycles. The molecule has 0 amide bonds. The van der Waals surface area contributed by atoms with E-state index in [0.717, 1.165) is 17.7 Å². The van der Waals surface area contributed by atoms with E-state index in [9.17, 15) is 0 Å². The second-order valence-electron chi connectivity index (χ2n) is 9.86. The van der Waals surface area contributed by atoms with Crippen LogP contribution < -0.4 is 4.90 Å². The normalized spacial score (nSPS) is 38.1. The molecule has 0 unspecified atom stereocenters. The molecule has 4 fully saturated rings. The summed E-state index contributed by atoms with van der Waals surface area (Å²) in [5, 5.41) is 0. The van der Waals surface area contributed by atoms with E-state index in [2.05, 4.69) is 58.6 Å². The SMILES string of the molecule is Cc1ccccc1N1[C@@H](C)c2c(oc3nccn23)C12C1CC3CC(C1)CC2C3. The highest BCUT2D eigenvalue weighted by Gasteiger charge is 2.67. The number of hydrogen-bond donors (Lipinski definition) is 0. The first-order chi connectivity index (χ1) is 13.7. The van der Waals surface area contributed by atoms with Crippen LogP contribution in [0.25, 0.3) is 5.84 Å². The first-order valence-corrected chi connectivity index (χ1v) is 11.0. The Bertz CT molecular complexity index is 1060. The molecule has 0 N–H and O–H groups in total. The lowest BCUT2D eigenvalue weighted by Gasteiger charge is -2.63. The van der Waals surface area contributed by atoms with Gasteiger partial charge in [-0.15, -0.1) is 0 Å². The number of imidazole rings is 1. The minimum absolute atomic E-state index is 0.00891. The van der Waals surface area contributed by atoms with Gasteiger partial charge >= 0.3 is 5.84 Å². The third-order valence-corrected chi connectivity index (χ3v) is 8.60. The lowest BCUT2D eigenvalue weighted by molar-refractivity contribution is -0.0680. The Hall–Kier alpha value is -2.23. The van der Waals surface area contributed by atoms with Crippen molar-refractivity contribution in [3.8, 4) is 0 Å². The van der Waals surface area contributed by atoms with E-state index >= 15 is 0 Å². The molecule has 1 atom stereocenters. The third kappa shape index (κ3) is 1.64. The Morgan fingerprint density at radius 2 is 1.75 bits per heavy atom. The van der Waals surface area contributed by atoms with E-state index in [1.807, 2.05) is 6.20 Å². The fourth-order valence-corrected chi connectivity index (χ4v) is 7.94. The number of nitrogens with zero attached hydrogens (tertiary/aromatic N) is 3. The molecule has 3 aromatic rings. The highest BCUT2D eigenvalue weighted by atomic mass is 16.4.